The molecule has 0 amide bonds. The molecular formula is C23H20N2O3S. The highest BCUT2D eigenvalue weighted by Gasteiger charge is 2.28. The van der Waals surface area contributed by atoms with Gasteiger partial charge in [0.2, 0.25) is 0 Å². The van der Waals surface area contributed by atoms with Crippen molar-refractivity contribution in [2.75, 3.05) is 7.05 Å². The second kappa shape index (κ2) is 7.56. The Balaban J connectivity index is 1.87. The first kappa shape index (κ1) is 19.0. The van der Waals surface area contributed by atoms with Crippen molar-refractivity contribution >= 4 is 22.0 Å². The molecular weight excluding hydrogens is 384 g/mol. The lowest BCUT2D eigenvalue weighted by Gasteiger charge is -2.22. The molecule has 146 valence electrons. The van der Waals surface area contributed by atoms with Crippen LogP contribution in [0.1, 0.15) is 16.7 Å². The van der Waals surface area contributed by atoms with E-state index in [0.717, 1.165) is 16.7 Å². The van der Waals surface area contributed by atoms with Crippen LogP contribution in [0.15, 0.2) is 94.6 Å². The Bertz CT molecular complexity index is 1200. The quantitative estimate of drug-likeness (QED) is 0.645. The van der Waals surface area contributed by atoms with E-state index in [2.05, 4.69) is 4.99 Å². The first-order valence-corrected chi connectivity index (χ1v) is 10.6. The van der Waals surface area contributed by atoms with Crippen LogP contribution in [-0.2, 0) is 10.0 Å². The molecule has 0 aliphatic carbocycles. The molecule has 4 rings (SSSR count). The van der Waals surface area contributed by atoms with E-state index in [9.17, 15) is 8.42 Å². The van der Waals surface area contributed by atoms with Crippen molar-refractivity contribution in [1.29, 1.82) is 0 Å². The van der Waals surface area contributed by atoms with E-state index in [1.165, 1.54) is 11.4 Å². The highest BCUT2D eigenvalue weighted by Crippen LogP contribution is 2.32. The minimum Gasteiger partial charge on any atom is -0.452 e. The molecule has 0 radical (unpaired) electrons. The van der Waals surface area contributed by atoms with Crippen LogP contribution >= 0.6 is 0 Å². The molecule has 29 heavy (non-hydrogen) atoms. The average molecular weight is 404 g/mol. The lowest BCUT2D eigenvalue weighted by Crippen LogP contribution is -2.27. The molecule has 1 aliphatic heterocycles. The molecule has 0 atom stereocenters. The van der Waals surface area contributed by atoms with Gasteiger partial charge in [-0.25, -0.2) is 17.7 Å². The maximum absolute atomic E-state index is 13.3. The van der Waals surface area contributed by atoms with Crippen LogP contribution in [0.25, 0.3) is 5.76 Å². The summed E-state index contributed by atoms with van der Waals surface area (Å²) in [6, 6.07) is 23.6. The van der Waals surface area contributed by atoms with E-state index in [4.69, 9.17) is 4.74 Å². The number of sulfonamides is 1. The van der Waals surface area contributed by atoms with Crippen LogP contribution in [0.2, 0.25) is 0 Å². The zero-order valence-electron chi connectivity index (χ0n) is 16.1. The molecule has 0 N–H and O–H groups in total. The van der Waals surface area contributed by atoms with Gasteiger partial charge in [-0.2, -0.15) is 0 Å². The highest BCUT2D eigenvalue weighted by molar-refractivity contribution is 7.89. The van der Waals surface area contributed by atoms with E-state index in [1.54, 1.807) is 30.5 Å². The molecule has 3 aromatic carbocycles. The van der Waals surface area contributed by atoms with Crippen LogP contribution < -0.4 is 4.74 Å². The predicted octanol–water partition coefficient (Wildman–Crippen LogP) is 4.45. The Kier molecular flexibility index (Phi) is 4.94. The summed E-state index contributed by atoms with van der Waals surface area (Å²) in [6.07, 6.45) is 1.63. The third-order valence-corrected chi connectivity index (χ3v) is 6.44. The van der Waals surface area contributed by atoms with Gasteiger partial charge in [0.1, 0.15) is 5.75 Å². The minimum atomic E-state index is -3.82. The summed E-state index contributed by atoms with van der Waals surface area (Å²) in [5, 5.41) is 0. The zero-order chi connectivity index (χ0) is 20.4. The topological polar surface area (TPSA) is 59.0 Å². The lowest BCUT2D eigenvalue weighted by atomic mass is 10.2. The van der Waals surface area contributed by atoms with Gasteiger partial charge in [0.15, 0.2) is 11.6 Å². The summed E-state index contributed by atoms with van der Waals surface area (Å²) in [6.45, 7) is 1.91. The van der Waals surface area contributed by atoms with Crippen molar-refractivity contribution in [2.24, 2.45) is 4.99 Å². The maximum Gasteiger partial charge on any atom is 0.265 e. The second-order valence-corrected chi connectivity index (χ2v) is 8.67. The van der Waals surface area contributed by atoms with Crippen molar-refractivity contribution in [1.82, 2.24) is 4.31 Å². The second-order valence-electron chi connectivity index (χ2n) is 6.70. The number of rotatable bonds is 4. The number of aliphatic imine (C=N–C) groups is 1. The standard InChI is InChI=1S/C23H20N2O3S/c1-17-12-14-20(15-13-17)29(26,27)25(2)23-22(18-8-4-3-5-9-18)28-21-11-7-6-10-19(21)16-24-23/h3-16H,1-2H3. The van der Waals surface area contributed by atoms with Gasteiger partial charge < -0.3 is 4.74 Å². The number of hydrogen-bond donors (Lipinski definition) is 0. The fourth-order valence-corrected chi connectivity index (χ4v) is 4.16. The largest absolute Gasteiger partial charge is 0.452 e. The summed E-state index contributed by atoms with van der Waals surface area (Å²) in [5.74, 6) is 1.21. The Morgan fingerprint density at radius 3 is 2.24 bits per heavy atom. The molecule has 0 saturated heterocycles. The van der Waals surface area contributed by atoms with Crippen LogP contribution in [0.5, 0.6) is 5.75 Å². The van der Waals surface area contributed by atoms with Crippen molar-refractivity contribution < 1.29 is 13.2 Å². The lowest BCUT2D eigenvalue weighted by molar-refractivity contribution is 0.479. The van der Waals surface area contributed by atoms with Gasteiger partial charge in [-0.1, -0.05) is 60.2 Å². The third kappa shape index (κ3) is 3.67. The highest BCUT2D eigenvalue weighted by atomic mass is 32.2. The fraction of sp³-hybridized carbons (Fsp3) is 0.0870. The number of nitrogens with zero attached hydrogens (tertiary/aromatic N) is 2. The molecule has 0 saturated carbocycles. The van der Waals surface area contributed by atoms with Crippen LogP contribution in [0.4, 0.5) is 0 Å². The molecule has 0 bridgehead atoms. The molecule has 0 spiro atoms. The SMILES string of the molecule is Cc1ccc(S(=O)(=O)N(C)C2=C(c3ccccc3)Oc3ccccc3C=N2)cc1. The summed E-state index contributed by atoms with van der Waals surface area (Å²) < 4.78 is 33.9. The number of para-hydroxylation sites is 1. The van der Waals surface area contributed by atoms with Gasteiger partial charge in [-0.15, -0.1) is 0 Å². The Labute approximate surface area is 170 Å². The Hall–Kier alpha value is -3.38. The summed E-state index contributed by atoms with van der Waals surface area (Å²) in [4.78, 5) is 4.70. The number of ether oxygens (including phenoxy) is 1. The molecule has 0 fully saturated rings. The van der Waals surface area contributed by atoms with Crippen molar-refractivity contribution in [3.63, 3.8) is 0 Å². The molecule has 6 heteroatoms. The van der Waals surface area contributed by atoms with Gasteiger partial charge in [0.25, 0.3) is 10.0 Å². The number of hydrogen-bond acceptors (Lipinski definition) is 4. The van der Waals surface area contributed by atoms with Gasteiger partial charge in [0, 0.05) is 24.4 Å². The van der Waals surface area contributed by atoms with Gasteiger partial charge in [0.05, 0.1) is 4.90 Å². The summed E-state index contributed by atoms with van der Waals surface area (Å²) in [5.41, 5.74) is 2.50. The van der Waals surface area contributed by atoms with E-state index in [1.807, 2.05) is 61.5 Å². The minimum absolute atomic E-state index is 0.197. The molecule has 0 aromatic heterocycles. The monoisotopic (exact) mass is 404 g/mol. The first-order chi connectivity index (χ1) is 14.0. The van der Waals surface area contributed by atoms with Crippen molar-refractivity contribution in [2.45, 2.75) is 11.8 Å². The number of aryl methyl sites for hydroxylation is 1. The van der Waals surface area contributed by atoms with Crippen LogP contribution in [0.3, 0.4) is 0 Å². The molecule has 3 aromatic rings. The number of fused-ring (bicyclic) bond motifs is 1. The smallest absolute Gasteiger partial charge is 0.265 e. The summed E-state index contributed by atoms with van der Waals surface area (Å²) in [7, 11) is -2.33. The predicted molar refractivity (Wildman–Crippen MR) is 114 cm³/mol. The normalized spacial score (nSPS) is 13.4. The van der Waals surface area contributed by atoms with Gasteiger partial charge >= 0.3 is 0 Å². The van der Waals surface area contributed by atoms with Gasteiger partial charge in [-0.3, -0.25) is 0 Å². The van der Waals surface area contributed by atoms with E-state index in [-0.39, 0.29) is 10.7 Å². The fourth-order valence-electron chi connectivity index (χ4n) is 3.01. The Morgan fingerprint density at radius 1 is 0.862 bits per heavy atom. The van der Waals surface area contributed by atoms with Crippen LogP contribution in [-0.4, -0.2) is 26.0 Å². The van der Waals surface area contributed by atoms with E-state index >= 15 is 0 Å². The Morgan fingerprint density at radius 2 is 1.52 bits per heavy atom. The van der Waals surface area contributed by atoms with E-state index in [0.29, 0.717) is 11.5 Å². The average Bonchev–Trinajstić information content (AvgIpc) is 2.94. The van der Waals surface area contributed by atoms with Crippen molar-refractivity contribution in [3.8, 4) is 5.75 Å². The first-order valence-electron chi connectivity index (χ1n) is 9.13. The maximum atomic E-state index is 13.3. The number of benzene rings is 3. The van der Waals surface area contributed by atoms with Crippen LogP contribution in [0, 0.1) is 6.92 Å². The third-order valence-electron chi connectivity index (χ3n) is 4.67. The van der Waals surface area contributed by atoms with Gasteiger partial charge in [-0.05, 0) is 31.2 Å². The van der Waals surface area contributed by atoms with Crippen molar-refractivity contribution in [3.05, 3.63) is 101 Å². The molecule has 5 nitrogen and oxygen atoms in total. The van der Waals surface area contributed by atoms with E-state index < -0.39 is 10.0 Å². The molecule has 1 heterocycles. The summed E-state index contributed by atoms with van der Waals surface area (Å²) >= 11 is 0. The zero-order valence-corrected chi connectivity index (χ0v) is 16.9. The molecule has 0 unspecified atom stereocenters. The molecule has 1 aliphatic rings.